The first kappa shape index (κ1) is 22.2. The molecule has 162 valence electrons. The molecule has 0 atom stereocenters. The number of carbonyl (C=O) groups excluding carboxylic acids is 4. The number of para-hydroxylation sites is 3. The van der Waals surface area contributed by atoms with Gasteiger partial charge in [-0.1, -0.05) is 36.4 Å². The number of benzene rings is 3. The Bertz CT molecular complexity index is 1190. The van der Waals surface area contributed by atoms with Gasteiger partial charge in [-0.25, -0.2) is 4.79 Å². The van der Waals surface area contributed by atoms with E-state index in [0.29, 0.717) is 5.69 Å². The van der Waals surface area contributed by atoms with Crippen LogP contribution in [-0.2, 0) is 9.53 Å². The minimum absolute atomic E-state index is 0.192. The second kappa shape index (κ2) is 10.0. The molecule has 0 aliphatic heterocycles. The molecule has 3 amide bonds. The lowest BCUT2D eigenvalue weighted by molar-refractivity contribution is -0.114. The van der Waals surface area contributed by atoms with E-state index in [2.05, 4.69) is 16.0 Å². The largest absolute Gasteiger partial charge is 0.465 e. The number of nitrogens with one attached hydrogen (secondary N) is 3. The molecule has 0 unspecified atom stereocenters. The van der Waals surface area contributed by atoms with Crippen molar-refractivity contribution < 1.29 is 23.9 Å². The minimum Gasteiger partial charge on any atom is -0.465 e. The monoisotopic (exact) mass is 431 g/mol. The highest BCUT2D eigenvalue weighted by Crippen LogP contribution is 2.22. The van der Waals surface area contributed by atoms with Gasteiger partial charge in [0.15, 0.2) is 0 Å². The fourth-order valence-corrected chi connectivity index (χ4v) is 3.03. The molecule has 0 aromatic heterocycles. The molecule has 3 aromatic carbocycles. The van der Waals surface area contributed by atoms with Crippen molar-refractivity contribution in [3.8, 4) is 0 Å². The van der Waals surface area contributed by atoms with Gasteiger partial charge in [0.2, 0.25) is 5.91 Å². The molecule has 0 radical (unpaired) electrons. The highest BCUT2D eigenvalue weighted by atomic mass is 16.5. The SMILES string of the molecule is COC(=O)c1ccccc1NC(=O)c1ccccc1NC(=O)c1ccccc1NC(C)=O. The van der Waals surface area contributed by atoms with Gasteiger partial charge in [-0.3, -0.25) is 14.4 Å². The standard InChI is InChI=1S/C24H21N3O5/c1-15(28)25-19-12-6-3-9-16(19)22(29)26-20-13-7-4-10-17(20)23(30)27-21-14-8-5-11-18(21)24(31)32-2/h3-14H,1-2H3,(H,25,28)(H,26,29)(H,27,30). The molecule has 0 spiro atoms. The number of esters is 1. The Morgan fingerprint density at radius 3 is 1.41 bits per heavy atom. The maximum atomic E-state index is 13.0. The number of methoxy groups -OCH3 is 1. The Labute approximate surface area is 184 Å². The Morgan fingerprint density at radius 2 is 0.969 bits per heavy atom. The fraction of sp³-hybridized carbons (Fsp3) is 0.0833. The third kappa shape index (κ3) is 5.17. The lowest BCUT2D eigenvalue weighted by atomic mass is 10.1. The zero-order valence-electron chi connectivity index (χ0n) is 17.5. The van der Waals surface area contributed by atoms with E-state index in [1.165, 1.54) is 20.1 Å². The predicted molar refractivity (Wildman–Crippen MR) is 121 cm³/mol. The van der Waals surface area contributed by atoms with Crippen molar-refractivity contribution in [2.75, 3.05) is 23.1 Å². The second-order valence-corrected chi connectivity index (χ2v) is 6.72. The molecule has 32 heavy (non-hydrogen) atoms. The molecule has 3 aromatic rings. The molecular formula is C24H21N3O5. The van der Waals surface area contributed by atoms with Crippen LogP contribution in [0.2, 0.25) is 0 Å². The van der Waals surface area contributed by atoms with Gasteiger partial charge >= 0.3 is 5.97 Å². The van der Waals surface area contributed by atoms with Gasteiger partial charge < -0.3 is 20.7 Å². The molecule has 0 aliphatic carbocycles. The smallest absolute Gasteiger partial charge is 0.339 e. The van der Waals surface area contributed by atoms with Crippen LogP contribution < -0.4 is 16.0 Å². The highest BCUT2D eigenvalue weighted by molar-refractivity contribution is 6.15. The van der Waals surface area contributed by atoms with Crippen LogP contribution >= 0.6 is 0 Å². The molecule has 0 saturated heterocycles. The zero-order chi connectivity index (χ0) is 23.1. The Hall–Kier alpha value is -4.46. The van der Waals surface area contributed by atoms with Crippen molar-refractivity contribution in [3.63, 3.8) is 0 Å². The fourth-order valence-electron chi connectivity index (χ4n) is 3.03. The molecule has 3 rings (SSSR count). The number of ether oxygens (including phenoxy) is 1. The first-order chi connectivity index (χ1) is 15.4. The van der Waals surface area contributed by atoms with Crippen LogP contribution in [0.4, 0.5) is 17.1 Å². The van der Waals surface area contributed by atoms with Crippen LogP contribution in [0.3, 0.4) is 0 Å². The summed E-state index contributed by atoms with van der Waals surface area (Å²) in [6.45, 7) is 1.35. The van der Waals surface area contributed by atoms with E-state index in [9.17, 15) is 19.2 Å². The molecule has 8 nitrogen and oxygen atoms in total. The third-order valence-corrected chi connectivity index (χ3v) is 4.48. The van der Waals surface area contributed by atoms with Crippen LogP contribution in [0.5, 0.6) is 0 Å². The van der Waals surface area contributed by atoms with Crippen molar-refractivity contribution >= 4 is 40.8 Å². The first-order valence-corrected chi connectivity index (χ1v) is 9.66. The van der Waals surface area contributed by atoms with E-state index >= 15 is 0 Å². The summed E-state index contributed by atoms with van der Waals surface area (Å²) in [6.07, 6.45) is 0. The molecule has 0 saturated carbocycles. The normalized spacial score (nSPS) is 10.1. The molecule has 0 fully saturated rings. The first-order valence-electron chi connectivity index (χ1n) is 9.66. The van der Waals surface area contributed by atoms with E-state index in [1.807, 2.05) is 0 Å². The number of hydrogen-bond acceptors (Lipinski definition) is 5. The lowest BCUT2D eigenvalue weighted by Gasteiger charge is -2.14. The summed E-state index contributed by atoms with van der Waals surface area (Å²) in [5.74, 6) is -1.91. The van der Waals surface area contributed by atoms with Gasteiger partial charge in [-0.15, -0.1) is 0 Å². The van der Waals surface area contributed by atoms with Crippen molar-refractivity contribution in [1.29, 1.82) is 0 Å². The molecule has 8 heteroatoms. The summed E-state index contributed by atoms with van der Waals surface area (Å²) in [6, 6.07) is 19.4. The van der Waals surface area contributed by atoms with E-state index in [4.69, 9.17) is 4.74 Å². The minimum atomic E-state index is -0.586. The van der Waals surface area contributed by atoms with Crippen LogP contribution in [0.15, 0.2) is 72.8 Å². The average molecular weight is 431 g/mol. The second-order valence-electron chi connectivity index (χ2n) is 6.72. The maximum absolute atomic E-state index is 13.0. The van der Waals surface area contributed by atoms with Gasteiger partial charge in [0.25, 0.3) is 11.8 Å². The van der Waals surface area contributed by atoms with E-state index in [1.54, 1.807) is 66.7 Å². The quantitative estimate of drug-likeness (QED) is 0.512. The van der Waals surface area contributed by atoms with Crippen molar-refractivity contribution in [2.45, 2.75) is 6.92 Å². The highest BCUT2D eigenvalue weighted by Gasteiger charge is 2.19. The van der Waals surface area contributed by atoms with Crippen molar-refractivity contribution in [2.24, 2.45) is 0 Å². The number of amides is 3. The maximum Gasteiger partial charge on any atom is 0.339 e. The molecule has 3 N–H and O–H groups in total. The Kier molecular flexibility index (Phi) is 6.97. The summed E-state index contributed by atoms with van der Waals surface area (Å²) in [7, 11) is 1.25. The predicted octanol–water partition coefficient (Wildman–Crippen LogP) is 3.94. The van der Waals surface area contributed by atoms with Gasteiger partial charge in [0, 0.05) is 6.92 Å². The lowest BCUT2D eigenvalue weighted by Crippen LogP contribution is -2.20. The summed E-state index contributed by atoms with van der Waals surface area (Å²) < 4.78 is 4.75. The van der Waals surface area contributed by atoms with E-state index in [0.717, 1.165) is 0 Å². The van der Waals surface area contributed by atoms with Gasteiger partial charge in [0.05, 0.1) is 40.9 Å². The Balaban J connectivity index is 1.86. The van der Waals surface area contributed by atoms with Crippen LogP contribution in [-0.4, -0.2) is 30.8 Å². The molecule has 0 aliphatic rings. The van der Waals surface area contributed by atoms with Crippen molar-refractivity contribution in [3.05, 3.63) is 89.5 Å². The zero-order valence-corrected chi connectivity index (χ0v) is 17.5. The van der Waals surface area contributed by atoms with Gasteiger partial charge in [-0.2, -0.15) is 0 Å². The number of anilines is 3. The molecular weight excluding hydrogens is 410 g/mol. The number of hydrogen-bond donors (Lipinski definition) is 3. The topological polar surface area (TPSA) is 114 Å². The third-order valence-electron chi connectivity index (χ3n) is 4.48. The van der Waals surface area contributed by atoms with Crippen LogP contribution in [0, 0.1) is 0 Å². The number of rotatable bonds is 6. The Morgan fingerprint density at radius 1 is 0.594 bits per heavy atom. The molecule has 0 heterocycles. The van der Waals surface area contributed by atoms with Crippen LogP contribution in [0.25, 0.3) is 0 Å². The van der Waals surface area contributed by atoms with Crippen molar-refractivity contribution in [1.82, 2.24) is 0 Å². The van der Waals surface area contributed by atoms with E-state index in [-0.39, 0.29) is 34.0 Å². The number of carbonyl (C=O) groups is 4. The summed E-state index contributed by atoms with van der Waals surface area (Å²) >= 11 is 0. The summed E-state index contributed by atoms with van der Waals surface area (Å²) in [5.41, 5.74) is 1.54. The average Bonchev–Trinajstić information content (AvgIpc) is 2.79. The van der Waals surface area contributed by atoms with Crippen LogP contribution in [0.1, 0.15) is 38.0 Å². The summed E-state index contributed by atoms with van der Waals surface area (Å²) in [5, 5.41) is 8.01. The molecule has 0 bridgehead atoms. The van der Waals surface area contributed by atoms with Gasteiger partial charge in [0.1, 0.15) is 0 Å². The summed E-state index contributed by atoms with van der Waals surface area (Å²) in [4.78, 5) is 49.2. The van der Waals surface area contributed by atoms with Gasteiger partial charge in [-0.05, 0) is 36.4 Å². The van der Waals surface area contributed by atoms with E-state index < -0.39 is 17.8 Å².